The number of benzene rings is 3. The van der Waals surface area contributed by atoms with Gasteiger partial charge in [0.1, 0.15) is 0 Å². The molecule has 5 rings (SSSR count). The zero-order valence-corrected chi connectivity index (χ0v) is 16.6. The van der Waals surface area contributed by atoms with E-state index in [2.05, 4.69) is 82.6 Å². The fourth-order valence-corrected chi connectivity index (χ4v) is 5.27. The average Bonchev–Trinajstić information content (AvgIpc) is 3.15. The van der Waals surface area contributed by atoms with Crippen LogP contribution >= 0.6 is 0 Å². The Hall–Kier alpha value is -2.16. The van der Waals surface area contributed by atoms with Gasteiger partial charge in [0, 0.05) is 25.7 Å². The molecule has 0 aliphatic carbocycles. The first-order valence-corrected chi connectivity index (χ1v) is 10.8. The molecular weight excluding hydrogens is 340 g/mol. The van der Waals surface area contributed by atoms with Gasteiger partial charge in [0.25, 0.3) is 0 Å². The van der Waals surface area contributed by atoms with Gasteiger partial charge in [-0.05, 0) is 60.2 Å². The number of piperidine rings is 1. The Morgan fingerprint density at radius 3 is 2.50 bits per heavy atom. The van der Waals surface area contributed by atoms with Gasteiger partial charge >= 0.3 is 0 Å². The molecule has 0 saturated carbocycles. The molecular formula is C26H30N2. The second-order valence-electron chi connectivity index (χ2n) is 8.55. The first-order valence-electron chi connectivity index (χ1n) is 10.8. The molecule has 2 aliphatic rings. The molecule has 0 spiro atoms. The van der Waals surface area contributed by atoms with Crippen molar-refractivity contribution in [2.24, 2.45) is 5.92 Å². The Balaban J connectivity index is 1.26. The summed E-state index contributed by atoms with van der Waals surface area (Å²) in [6.07, 6.45) is 3.91. The van der Waals surface area contributed by atoms with E-state index in [0.29, 0.717) is 0 Å². The molecule has 0 unspecified atom stereocenters. The molecule has 0 amide bonds. The Labute approximate surface area is 168 Å². The van der Waals surface area contributed by atoms with Gasteiger partial charge in [-0.25, -0.2) is 0 Å². The molecule has 0 aromatic heterocycles. The topological polar surface area (TPSA) is 6.48 Å². The molecule has 28 heavy (non-hydrogen) atoms. The highest BCUT2D eigenvalue weighted by Gasteiger charge is 2.38. The minimum absolute atomic E-state index is 0.725. The molecule has 2 saturated heterocycles. The van der Waals surface area contributed by atoms with Crippen LogP contribution in [0.4, 0.5) is 0 Å². The maximum atomic E-state index is 2.76. The van der Waals surface area contributed by atoms with Crippen molar-refractivity contribution in [1.82, 2.24) is 9.80 Å². The maximum Gasteiger partial charge on any atom is 0.0255 e. The standard InChI is InChI=1S/C26H30N2/c1-2-7-21(8-3-1)13-16-27-17-14-23-15-18-28(26(23)20-27)19-24-11-6-10-22-9-4-5-12-25(22)24/h1-12,23,26H,13-20H2/t23-,26-/m1/s1. The molecule has 2 nitrogen and oxygen atoms in total. The second-order valence-corrected chi connectivity index (χ2v) is 8.55. The van der Waals surface area contributed by atoms with Gasteiger partial charge < -0.3 is 4.90 Å². The van der Waals surface area contributed by atoms with Crippen LogP contribution in [0.25, 0.3) is 10.8 Å². The first-order chi connectivity index (χ1) is 13.9. The lowest BCUT2D eigenvalue weighted by molar-refractivity contribution is 0.102. The zero-order chi connectivity index (χ0) is 18.8. The molecule has 0 N–H and O–H groups in total. The van der Waals surface area contributed by atoms with Crippen LogP contribution in [0.1, 0.15) is 24.0 Å². The van der Waals surface area contributed by atoms with Gasteiger partial charge in [-0.2, -0.15) is 0 Å². The smallest absolute Gasteiger partial charge is 0.0255 e. The van der Waals surface area contributed by atoms with E-state index < -0.39 is 0 Å². The summed E-state index contributed by atoms with van der Waals surface area (Å²) in [5.74, 6) is 0.892. The Morgan fingerprint density at radius 2 is 1.57 bits per heavy atom. The third-order valence-electron chi connectivity index (χ3n) is 6.87. The SMILES string of the molecule is c1ccc(CCN2CC[C@@H]3CCN(Cc4cccc5ccccc45)[C@@H]3C2)cc1. The van der Waals surface area contributed by atoms with Crippen LogP contribution in [0.15, 0.2) is 72.8 Å². The van der Waals surface area contributed by atoms with Crippen molar-refractivity contribution in [2.45, 2.75) is 31.8 Å². The monoisotopic (exact) mass is 370 g/mol. The van der Waals surface area contributed by atoms with Crippen molar-refractivity contribution in [3.8, 4) is 0 Å². The molecule has 2 heteroatoms. The average molecular weight is 371 g/mol. The van der Waals surface area contributed by atoms with Gasteiger partial charge in [0.15, 0.2) is 0 Å². The quantitative estimate of drug-likeness (QED) is 0.625. The van der Waals surface area contributed by atoms with E-state index in [0.717, 1.165) is 18.5 Å². The fraction of sp³-hybridized carbons (Fsp3) is 0.385. The van der Waals surface area contributed by atoms with Crippen LogP contribution in [0.5, 0.6) is 0 Å². The van der Waals surface area contributed by atoms with Crippen molar-refractivity contribution in [3.63, 3.8) is 0 Å². The predicted molar refractivity (Wildman–Crippen MR) is 117 cm³/mol. The van der Waals surface area contributed by atoms with Crippen molar-refractivity contribution in [1.29, 1.82) is 0 Å². The summed E-state index contributed by atoms with van der Waals surface area (Å²) >= 11 is 0. The predicted octanol–water partition coefficient (Wildman–Crippen LogP) is 4.98. The molecule has 2 atom stereocenters. The molecule has 2 fully saturated rings. The van der Waals surface area contributed by atoms with Gasteiger partial charge in [-0.1, -0.05) is 72.8 Å². The fourth-order valence-electron chi connectivity index (χ4n) is 5.27. The van der Waals surface area contributed by atoms with Crippen molar-refractivity contribution >= 4 is 10.8 Å². The molecule has 3 aromatic rings. The summed E-state index contributed by atoms with van der Waals surface area (Å²) < 4.78 is 0. The first kappa shape index (κ1) is 17.9. The molecule has 3 aromatic carbocycles. The van der Waals surface area contributed by atoms with E-state index in [1.165, 1.54) is 67.3 Å². The van der Waals surface area contributed by atoms with E-state index in [1.54, 1.807) is 0 Å². The van der Waals surface area contributed by atoms with Gasteiger partial charge in [0.2, 0.25) is 0 Å². The van der Waals surface area contributed by atoms with Crippen LogP contribution in [0.3, 0.4) is 0 Å². The number of fused-ring (bicyclic) bond motifs is 2. The van der Waals surface area contributed by atoms with E-state index in [4.69, 9.17) is 0 Å². The van der Waals surface area contributed by atoms with E-state index in [-0.39, 0.29) is 0 Å². The van der Waals surface area contributed by atoms with Crippen molar-refractivity contribution in [3.05, 3.63) is 83.9 Å². The minimum Gasteiger partial charge on any atom is -0.301 e. The largest absolute Gasteiger partial charge is 0.301 e. The summed E-state index contributed by atoms with van der Waals surface area (Å²) in [5, 5.41) is 2.79. The third kappa shape index (κ3) is 3.72. The summed E-state index contributed by atoms with van der Waals surface area (Å²) in [6.45, 7) is 6.05. The summed E-state index contributed by atoms with van der Waals surface area (Å²) in [6, 6.07) is 27.3. The summed E-state index contributed by atoms with van der Waals surface area (Å²) in [7, 11) is 0. The zero-order valence-electron chi connectivity index (χ0n) is 16.6. The van der Waals surface area contributed by atoms with E-state index in [1.807, 2.05) is 0 Å². The summed E-state index contributed by atoms with van der Waals surface area (Å²) in [5.41, 5.74) is 2.95. The van der Waals surface area contributed by atoms with Crippen molar-refractivity contribution < 1.29 is 0 Å². The molecule has 0 radical (unpaired) electrons. The normalized spacial score (nSPS) is 23.1. The highest BCUT2D eigenvalue weighted by Crippen LogP contribution is 2.33. The number of hydrogen-bond acceptors (Lipinski definition) is 2. The maximum absolute atomic E-state index is 2.76. The van der Waals surface area contributed by atoms with E-state index >= 15 is 0 Å². The van der Waals surface area contributed by atoms with Crippen LogP contribution in [-0.4, -0.2) is 42.0 Å². The molecule has 0 bridgehead atoms. The Bertz CT molecular complexity index is 915. The third-order valence-corrected chi connectivity index (χ3v) is 6.87. The lowest BCUT2D eigenvalue weighted by Gasteiger charge is -2.38. The van der Waals surface area contributed by atoms with Gasteiger partial charge in [-0.15, -0.1) is 0 Å². The number of rotatable bonds is 5. The highest BCUT2D eigenvalue weighted by atomic mass is 15.3. The van der Waals surface area contributed by atoms with Crippen molar-refractivity contribution in [2.75, 3.05) is 26.2 Å². The number of hydrogen-bond donors (Lipinski definition) is 0. The Kier molecular flexibility index (Phi) is 5.16. The molecule has 2 aliphatic heterocycles. The Morgan fingerprint density at radius 1 is 0.786 bits per heavy atom. The summed E-state index contributed by atoms with van der Waals surface area (Å²) in [4.78, 5) is 5.47. The number of nitrogens with zero attached hydrogens (tertiary/aromatic N) is 2. The van der Waals surface area contributed by atoms with E-state index in [9.17, 15) is 0 Å². The lowest BCUT2D eigenvalue weighted by atomic mass is 9.91. The van der Waals surface area contributed by atoms with Gasteiger partial charge in [0.05, 0.1) is 0 Å². The molecule has 144 valence electrons. The minimum atomic E-state index is 0.725. The highest BCUT2D eigenvalue weighted by molar-refractivity contribution is 5.85. The van der Waals surface area contributed by atoms with Crippen LogP contribution in [-0.2, 0) is 13.0 Å². The molecule has 2 heterocycles. The van der Waals surface area contributed by atoms with Gasteiger partial charge in [-0.3, -0.25) is 4.90 Å². The van der Waals surface area contributed by atoms with Crippen LogP contribution < -0.4 is 0 Å². The van der Waals surface area contributed by atoms with Crippen LogP contribution in [0.2, 0.25) is 0 Å². The lowest BCUT2D eigenvalue weighted by Crippen LogP contribution is -2.48. The van der Waals surface area contributed by atoms with Crippen LogP contribution in [0, 0.1) is 5.92 Å². The number of likely N-dealkylation sites (tertiary alicyclic amines) is 2. The second kappa shape index (κ2) is 8.06.